The van der Waals surface area contributed by atoms with Crippen molar-refractivity contribution in [3.63, 3.8) is 0 Å². The normalized spacial score (nSPS) is 17.7. The first kappa shape index (κ1) is 17.7. The molecule has 0 aromatic carbocycles. The van der Waals surface area contributed by atoms with Crippen LogP contribution < -0.4 is 0 Å². The Morgan fingerprint density at radius 1 is 1.10 bits per heavy atom. The number of hydrogen-bond donors (Lipinski definition) is 2. The number of carboxylic acid groups (broad SMARTS) is 2. The molecule has 6 nitrogen and oxygen atoms in total. The molecule has 6 heteroatoms. The third-order valence-corrected chi connectivity index (χ3v) is 3.50. The van der Waals surface area contributed by atoms with Gasteiger partial charge in [0, 0.05) is 24.2 Å². The topological polar surface area (TPSA) is 87.1 Å². The molecule has 0 aliphatic carbocycles. The first-order valence-corrected chi connectivity index (χ1v) is 7.40. The van der Waals surface area contributed by atoms with E-state index in [0.29, 0.717) is 26.1 Å². The molecule has 0 aromatic rings. The molecule has 0 saturated carbocycles. The van der Waals surface area contributed by atoms with Gasteiger partial charge in [-0.1, -0.05) is 13.8 Å². The van der Waals surface area contributed by atoms with Crippen molar-refractivity contribution in [3.05, 3.63) is 11.1 Å². The maximum atomic E-state index is 11.4. The van der Waals surface area contributed by atoms with Gasteiger partial charge in [0.1, 0.15) is 0 Å². The Hall–Kier alpha value is -1.40. The van der Waals surface area contributed by atoms with Crippen LogP contribution in [0.1, 0.15) is 33.1 Å². The highest BCUT2D eigenvalue weighted by Crippen LogP contribution is 2.20. The van der Waals surface area contributed by atoms with Crippen molar-refractivity contribution in [2.45, 2.75) is 33.1 Å². The number of ether oxygens (including phenoxy) is 1. The van der Waals surface area contributed by atoms with Gasteiger partial charge in [-0.25, -0.2) is 9.59 Å². The van der Waals surface area contributed by atoms with Crippen LogP contribution in [0.15, 0.2) is 11.1 Å². The Morgan fingerprint density at radius 3 is 2.14 bits per heavy atom. The third-order valence-electron chi connectivity index (χ3n) is 3.50. The Labute approximate surface area is 125 Å². The van der Waals surface area contributed by atoms with Crippen LogP contribution in [0.3, 0.4) is 0 Å². The van der Waals surface area contributed by atoms with Gasteiger partial charge in [0.2, 0.25) is 0 Å². The van der Waals surface area contributed by atoms with Crippen molar-refractivity contribution in [2.24, 2.45) is 5.92 Å². The summed E-state index contributed by atoms with van der Waals surface area (Å²) < 4.78 is 5.26. The van der Waals surface area contributed by atoms with Crippen LogP contribution in [0.5, 0.6) is 0 Å². The zero-order valence-electron chi connectivity index (χ0n) is 12.8. The maximum absolute atomic E-state index is 11.4. The maximum Gasteiger partial charge on any atom is 0.332 e. The molecular weight excluding hydrogens is 274 g/mol. The van der Waals surface area contributed by atoms with Gasteiger partial charge in [-0.05, 0) is 31.7 Å². The fraction of sp³-hybridized carbons (Fsp3) is 0.733. The second-order valence-electron chi connectivity index (χ2n) is 5.72. The lowest BCUT2D eigenvalue weighted by molar-refractivity contribution is -0.136. The predicted molar refractivity (Wildman–Crippen MR) is 78.2 cm³/mol. The van der Waals surface area contributed by atoms with Crippen molar-refractivity contribution in [2.75, 3.05) is 32.8 Å². The van der Waals surface area contributed by atoms with E-state index in [2.05, 4.69) is 4.90 Å². The highest BCUT2D eigenvalue weighted by Gasteiger charge is 2.21. The molecule has 1 aliphatic rings. The molecule has 0 unspecified atom stereocenters. The number of carboxylic acids is 2. The van der Waals surface area contributed by atoms with E-state index in [0.717, 1.165) is 19.6 Å². The van der Waals surface area contributed by atoms with Crippen LogP contribution in [0, 0.1) is 5.92 Å². The summed E-state index contributed by atoms with van der Waals surface area (Å²) in [5, 5.41) is 18.5. The van der Waals surface area contributed by atoms with Crippen LogP contribution in [-0.2, 0) is 14.3 Å². The minimum absolute atomic E-state index is 0.0412. The Bertz CT molecular complexity index is 397. The Balaban J connectivity index is 2.65. The van der Waals surface area contributed by atoms with Gasteiger partial charge in [-0.2, -0.15) is 0 Å². The quantitative estimate of drug-likeness (QED) is 0.662. The molecule has 1 fully saturated rings. The summed E-state index contributed by atoms with van der Waals surface area (Å²) in [6.07, 6.45) is 1.23. The van der Waals surface area contributed by atoms with E-state index < -0.39 is 11.9 Å². The van der Waals surface area contributed by atoms with Crippen molar-refractivity contribution in [1.82, 2.24) is 4.90 Å². The molecule has 0 atom stereocenters. The van der Waals surface area contributed by atoms with E-state index >= 15 is 0 Å². The molecule has 0 aromatic heterocycles. The van der Waals surface area contributed by atoms with Gasteiger partial charge < -0.3 is 14.9 Å². The van der Waals surface area contributed by atoms with Crippen molar-refractivity contribution < 1.29 is 24.5 Å². The molecule has 2 N–H and O–H groups in total. The van der Waals surface area contributed by atoms with E-state index in [1.165, 1.54) is 0 Å². The minimum atomic E-state index is -1.12. The first-order valence-electron chi connectivity index (χ1n) is 7.40. The van der Waals surface area contributed by atoms with Crippen LogP contribution in [0.4, 0.5) is 0 Å². The van der Waals surface area contributed by atoms with E-state index in [1.807, 2.05) is 13.8 Å². The standard InChI is InChI=1S/C15H25NO5/c1-11(2)10-13(15(19)20)12(14(17)18)4-3-5-16-6-8-21-9-7-16/h11H,3-10H2,1-2H3,(H,17,18)(H,19,20). The summed E-state index contributed by atoms with van der Waals surface area (Å²) >= 11 is 0. The van der Waals surface area contributed by atoms with Crippen LogP contribution in [0.25, 0.3) is 0 Å². The fourth-order valence-electron chi connectivity index (χ4n) is 2.44. The van der Waals surface area contributed by atoms with Gasteiger partial charge in [0.15, 0.2) is 0 Å². The Morgan fingerprint density at radius 2 is 1.67 bits per heavy atom. The van der Waals surface area contributed by atoms with E-state index in [1.54, 1.807) is 0 Å². The number of hydrogen-bond acceptors (Lipinski definition) is 4. The Kier molecular flexibility index (Phi) is 7.39. The summed E-state index contributed by atoms with van der Waals surface area (Å²) in [4.78, 5) is 24.9. The third kappa shape index (κ3) is 6.27. The van der Waals surface area contributed by atoms with E-state index in [-0.39, 0.29) is 23.5 Å². The largest absolute Gasteiger partial charge is 0.478 e. The van der Waals surface area contributed by atoms with Crippen LogP contribution >= 0.6 is 0 Å². The zero-order chi connectivity index (χ0) is 15.8. The van der Waals surface area contributed by atoms with Gasteiger partial charge in [-0.15, -0.1) is 0 Å². The second-order valence-corrected chi connectivity index (χ2v) is 5.72. The number of carbonyl (C=O) groups is 2. The highest BCUT2D eigenvalue weighted by molar-refractivity contribution is 5.98. The second kappa shape index (κ2) is 8.79. The van der Waals surface area contributed by atoms with Crippen LogP contribution in [0.2, 0.25) is 0 Å². The molecule has 0 amide bonds. The molecule has 0 radical (unpaired) electrons. The summed E-state index contributed by atoms with van der Waals surface area (Å²) in [6, 6.07) is 0. The van der Waals surface area contributed by atoms with Gasteiger partial charge >= 0.3 is 11.9 Å². The summed E-state index contributed by atoms with van der Waals surface area (Å²) in [7, 11) is 0. The smallest absolute Gasteiger partial charge is 0.332 e. The van der Waals surface area contributed by atoms with Crippen molar-refractivity contribution >= 4 is 11.9 Å². The molecule has 0 bridgehead atoms. The number of rotatable bonds is 8. The highest BCUT2D eigenvalue weighted by atomic mass is 16.5. The van der Waals surface area contributed by atoms with Crippen molar-refractivity contribution in [1.29, 1.82) is 0 Å². The monoisotopic (exact) mass is 299 g/mol. The lowest BCUT2D eigenvalue weighted by Crippen LogP contribution is -2.36. The SMILES string of the molecule is CC(C)CC(C(=O)O)=C(CCCN1CCOCC1)C(=O)O. The van der Waals surface area contributed by atoms with E-state index in [4.69, 9.17) is 4.74 Å². The predicted octanol–water partition coefficient (Wildman–Crippen LogP) is 1.61. The first-order chi connectivity index (χ1) is 9.91. The summed E-state index contributed by atoms with van der Waals surface area (Å²) in [6.45, 7) is 7.65. The van der Waals surface area contributed by atoms with Gasteiger partial charge in [0.25, 0.3) is 0 Å². The molecule has 21 heavy (non-hydrogen) atoms. The summed E-state index contributed by atoms with van der Waals surface area (Å²) in [5.74, 6) is -2.12. The summed E-state index contributed by atoms with van der Waals surface area (Å²) in [5.41, 5.74) is 0.0870. The van der Waals surface area contributed by atoms with Crippen LogP contribution in [-0.4, -0.2) is 59.9 Å². The molecule has 1 aliphatic heterocycles. The lowest BCUT2D eigenvalue weighted by atomic mass is 9.95. The average molecular weight is 299 g/mol. The molecular formula is C15H25NO5. The fourth-order valence-corrected chi connectivity index (χ4v) is 2.44. The number of morpholine rings is 1. The van der Waals surface area contributed by atoms with Gasteiger partial charge in [0.05, 0.1) is 13.2 Å². The van der Waals surface area contributed by atoms with E-state index in [9.17, 15) is 19.8 Å². The molecule has 1 heterocycles. The molecule has 1 rings (SSSR count). The lowest BCUT2D eigenvalue weighted by Gasteiger charge is -2.26. The van der Waals surface area contributed by atoms with Crippen molar-refractivity contribution in [3.8, 4) is 0 Å². The molecule has 120 valence electrons. The van der Waals surface area contributed by atoms with Gasteiger partial charge in [-0.3, -0.25) is 4.90 Å². The molecule has 0 spiro atoms. The number of aliphatic carboxylic acids is 2. The average Bonchev–Trinajstić information content (AvgIpc) is 2.42. The molecule has 1 saturated heterocycles. The zero-order valence-corrected chi connectivity index (χ0v) is 12.8. The minimum Gasteiger partial charge on any atom is -0.478 e. The number of nitrogens with zero attached hydrogens (tertiary/aromatic N) is 1.